The van der Waals surface area contributed by atoms with Gasteiger partial charge in [0.2, 0.25) is 0 Å². The van der Waals surface area contributed by atoms with Crippen molar-refractivity contribution >= 4 is 5.97 Å². The zero-order valence-electron chi connectivity index (χ0n) is 7.85. The maximum Gasteiger partial charge on any atom is 0.303 e. The molecule has 0 bridgehead atoms. The van der Waals surface area contributed by atoms with Crippen molar-refractivity contribution in [1.29, 1.82) is 0 Å². The van der Waals surface area contributed by atoms with Crippen molar-refractivity contribution in [1.82, 2.24) is 0 Å². The Morgan fingerprint density at radius 2 is 1.91 bits per heavy atom. The molecule has 66 valence electrons. The fourth-order valence-electron chi connectivity index (χ4n) is 1.27. The Morgan fingerprint density at radius 1 is 1.45 bits per heavy atom. The SMILES string of the molecule is CC[C@H](CC(=O)O)C(C)(C)C. The van der Waals surface area contributed by atoms with Gasteiger partial charge < -0.3 is 5.11 Å². The van der Waals surface area contributed by atoms with E-state index in [1.807, 2.05) is 6.92 Å². The van der Waals surface area contributed by atoms with Gasteiger partial charge in [-0.3, -0.25) is 4.79 Å². The topological polar surface area (TPSA) is 37.3 Å². The van der Waals surface area contributed by atoms with E-state index in [0.29, 0.717) is 12.3 Å². The third-order valence-electron chi connectivity index (χ3n) is 2.14. The van der Waals surface area contributed by atoms with Crippen molar-refractivity contribution < 1.29 is 9.90 Å². The lowest BCUT2D eigenvalue weighted by atomic mass is 9.77. The van der Waals surface area contributed by atoms with Gasteiger partial charge in [-0.05, 0) is 11.3 Å². The summed E-state index contributed by atoms with van der Waals surface area (Å²) in [7, 11) is 0. The van der Waals surface area contributed by atoms with Crippen molar-refractivity contribution in [2.45, 2.75) is 40.5 Å². The maximum atomic E-state index is 10.4. The number of rotatable bonds is 3. The molecule has 1 atom stereocenters. The summed E-state index contributed by atoms with van der Waals surface area (Å²) in [6.07, 6.45) is 1.23. The Hall–Kier alpha value is -0.530. The first-order chi connectivity index (χ1) is 4.88. The minimum absolute atomic E-state index is 0.118. The van der Waals surface area contributed by atoms with E-state index in [0.717, 1.165) is 6.42 Å². The lowest BCUT2D eigenvalue weighted by molar-refractivity contribution is -0.139. The Morgan fingerprint density at radius 3 is 2.00 bits per heavy atom. The van der Waals surface area contributed by atoms with Crippen molar-refractivity contribution in [2.24, 2.45) is 11.3 Å². The first kappa shape index (κ1) is 10.5. The number of hydrogen-bond donors (Lipinski definition) is 1. The molecule has 0 saturated heterocycles. The van der Waals surface area contributed by atoms with E-state index in [-0.39, 0.29) is 5.41 Å². The second-order valence-corrected chi connectivity index (χ2v) is 4.07. The predicted octanol–water partition coefficient (Wildman–Crippen LogP) is 2.53. The quantitative estimate of drug-likeness (QED) is 0.685. The third kappa shape index (κ3) is 4.02. The van der Waals surface area contributed by atoms with Gasteiger partial charge in [-0.15, -0.1) is 0 Å². The normalized spacial score (nSPS) is 14.5. The van der Waals surface area contributed by atoms with Crippen molar-refractivity contribution in [2.75, 3.05) is 0 Å². The van der Waals surface area contributed by atoms with E-state index in [2.05, 4.69) is 20.8 Å². The standard InChI is InChI=1S/C9H18O2/c1-5-7(6-8(10)11)9(2,3)4/h7H,5-6H2,1-4H3,(H,10,11)/t7-/m1/s1. The fourth-order valence-corrected chi connectivity index (χ4v) is 1.27. The van der Waals surface area contributed by atoms with Crippen LogP contribution in [0.25, 0.3) is 0 Å². The lowest BCUT2D eigenvalue weighted by Gasteiger charge is -2.28. The Kier molecular flexibility index (Phi) is 3.56. The number of carboxylic acids is 1. The molecule has 2 heteroatoms. The van der Waals surface area contributed by atoms with Crippen LogP contribution in [-0.2, 0) is 4.79 Å². The fraction of sp³-hybridized carbons (Fsp3) is 0.889. The monoisotopic (exact) mass is 158 g/mol. The van der Waals surface area contributed by atoms with Crippen LogP contribution >= 0.6 is 0 Å². The number of carboxylic acid groups (broad SMARTS) is 1. The highest BCUT2D eigenvalue weighted by Gasteiger charge is 2.24. The molecular formula is C9H18O2. The van der Waals surface area contributed by atoms with E-state index in [4.69, 9.17) is 5.11 Å². The molecule has 0 rings (SSSR count). The lowest BCUT2D eigenvalue weighted by Crippen LogP contribution is -2.22. The molecule has 0 radical (unpaired) electrons. The van der Waals surface area contributed by atoms with Crippen molar-refractivity contribution in [3.8, 4) is 0 Å². The number of carbonyl (C=O) groups is 1. The summed E-state index contributed by atoms with van der Waals surface area (Å²) < 4.78 is 0. The molecule has 0 aliphatic rings. The zero-order valence-corrected chi connectivity index (χ0v) is 7.85. The largest absolute Gasteiger partial charge is 0.481 e. The van der Waals surface area contributed by atoms with Crippen LogP contribution in [0, 0.1) is 11.3 Å². The molecule has 0 aromatic heterocycles. The minimum Gasteiger partial charge on any atom is -0.481 e. The molecule has 0 heterocycles. The van der Waals surface area contributed by atoms with Crippen LogP contribution in [0.1, 0.15) is 40.5 Å². The summed E-state index contributed by atoms with van der Waals surface area (Å²) in [6, 6.07) is 0. The maximum absolute atomic E-state index is 10.4. The minimum atomic E-state index is -0.688. The molecule has 2 nitrogen and oxygen atoms in total. The van der Waals surface area contributed by atoms with Crippen molar-refractivity contribution in [3.05, 3.63) is 0 Å². The van der Waals surface area contributed by atoms with Gasteiger partial charge >= 0.3 is 5.97 Å². The first-order valence-corrected chi connectivity index (χ1v) is 4.09. The van der Waals surface area contributed by atoms with Gasteiger partial charge in [0.15, 0.2) is 0 Å². The summed E-state index contributed by atoms with van der Waals surface area (Å²) in [5.41, 5.74) is 0.118. The van der Waals surface area contributed by atoms with Gasteiger partial charge in [0.1, 0.15) is 0 Å². The average Bonchev–Trinajstić information content (AvgIpc) is 1.79. The molecule has 0 saturated carbocycles. The van der Waals surface area contributed by atoms with E-state index < -0.39 is 5.97 Å². The molecule has 0 aromatic rings. The second kappa shape index (κ2) is 3.74. The summed E-state index contributed by atoms with van der Waals surface area (Å²) in [5, 5.41) is 8.58. The highest BCUT2D eigenvalue weighted by Crippen LogP contribution is 2.30. The molecule has 0 spiro atoms. The predicted molar refractivity (Wildman–Crippen MR) is 45.5 cm³/mol. The van der Waals surface area contributed by atoms with Crippen LogP contribution in [0.5, 0.6) is 0 Å². The third-order valence-corrected chi connectivity index (χ3v) is 2.14. The Balaban J connectivity index is 4.07. The first-order valence-electron chi connectivity index (χ1n) is 4.09. The van der Waals surface area contributed by atoms with Crippen LogP contribution < -0.4 is 0 Å². The van der Waals surface area contributed by atoms with Crippen molar-refractivity contribution in [3.63, 3.8) is 0 Å². The molecule has 0 aliphatic heterocycles. The summed E-state index contributed by atoms with van der Waals surface area (Å²) in [6.45, 7) is 8.30. The molecule has 11 heavy (non-hydrogen) atoms. The van der Waals surface area contributed by atoms with Gasteiger partial charge in [0.25, 0.3) is 0 Å². The van der Waals surface area contributed by atoms with Gasteiger partial charge in [-0.25, -0.2) is 0 Å². The van der Waals surface area contributed by atoms with Crippen LogP contribution in [0.3, 0.4) is 0 Å². The van der Waals surface area contributed by atoms with Gasteiger partial charge in [0.05, 0.1) is 0 Å². The molecule has 0 aliphatic carbocycles. The molecular weight excluding hydrogens is 140 g/mol. The number of hydrogen-bond acceptors (Lipinski definition) is 1. The summed E-state index contributed by atoms with van der Waals surface area (Å²) in [4.78, 5) is 10.4. The summed E-state index contributed by atoms with van der Waals surface area (Å²) in [5.74, 6) is -0.397. The molecule has 0 amide bonds. The van der Waals surface area contributed by atoms with E-state index in [9.17, 15) is 4.79 Å². The Labute approximate surface area is 68.6 Å². The van der Waals surface area contributed by atoms with Crippen LogP contribution in [0.15, 0.2) is 0 Å². The van der Waals surface area contributed by atoms with E-state index in [1.54, 1.807) is 0 Å². The van der Waals surface area contributed by atoms with E-state index in [1.165, 1.54) is 0 Å². The molecule has 0 fully saturated rings. The van der Waals surface area contributed by atoms with Crippen LogP contribution in [-0.4, -0.2) is 11.1 Å². The van der Waals surface area contributed by atoms with Gasteiger partial charge in [0, 0.05) is 6.42 Å². The molecule has 0 aromatic carbocycles. The summed E-state index contributed by atoms with van der Waals surface area (Å²) >= 11 is 0. The van der Waals surface area contributed by atoms with E-state index >= 15 is 0 Å². The van der Waals surface area contributed by atoms with Crippen LogP contribution in [0.4, 0.5) is 0 Å². The van der Waals surface area contributed by atoms with Gasteiger partial charge in [-0.1, -0.05) is 34.1 Å². The number of aliphatic carboxylic acids is 1. The highest BCUT2D eigenvalue weighted by molar-refractivity contribution is 5.67. The highest BCUT2D eigenvalue weighted by atomic mass is 16.4. The van der Waals surface area contributed by atoms with Crippen LogP contribution in [0.2, 0.25) is 0 Å². The molecule has 1 N–H and O–H groups in total. The second-order valence-electron chi connectivity index (χ2n) is 4.07. The van der Waals surface area contributed by atoms with Gasteiger partial charge in [-0.2, -0.15) is 0 Å². The molecule has 0 unspecified atom stereocenters. The Bertz CT molecular complexity index is 133. The zero-order chi connectivity index (χ0) is 9.07. The average molecular weight is 158 g/mol. The smallest absolute Gasteiger partial charge is 0.303 e.